The monoisotopic (exact) mass is 199 g/mol. The highest BCUT2D eigenvalue weighted by molar-refractivity contribution is 4.72. The van der Waals surface area contributed by atoms with E-state index in [0.717, 1.165) is 25.7 Å². The summed E-state index contributed by atoms with van der Waals surface area (Å²) in [5.41, 5.74) is 0. The van der Waals surface area contributed by atoms with E-state index in [2.05, 4.69) is 19.2 Å². The van der Waals surface area contributed by atoms with Gasteiger partial charge in [0.25, 0.3) is 0 Å². The van der Waals surface area contributed by atoms with Crippen LogP contribution in [0.15, 0.2) is 0 Å². The van der Waals surface area contributed by atoms with E-state index >= 15 is 0 Å². The molecule has 0 bridgehead atoms. The Bertz CT molecular complexity index is 134. The molecule has 1 unspecified atom stereocenters. The Balaban J connectivity index is 1.84. The molecule has 1 saturated carbocycles. The van der Waals surface area contributed by atoms with Crippen LogP contribution in [0, 0.1) is 5.92 Å². The van der Waals surface area contributed by atoms with Crippen LogP contribution >= 0.6 is 0 Å². The van der Waals surface area contributed by atoms with E-state index in [4.69, 9.17) is 4.74 Å². The molecular formula is C12H25NO. The smallest absolute Gasteiger partial charge is 0.0591 e. The Morgan fingerprint density at radius 3 is 2.71 bits per heavy atom. The molecule has 1 aliphatic carbocycles. The van der Waals surface area contributed by atoms with Crippen molar-refractivity contribution in [3.8, 4) is 0 Å². The molecule has 0 heterocycles. The van der Waals surface area contributed by atoms with Gasteiger partial charge in [-0.2, -0.15) is 0 Å². The van der Waals surface area contributed by atoms with Gasteiger partial charge in [0, 0.05) is 19.2 Å². The highest BCUT2D eigenvalue weighted by Gasteiger charge is 2.20. The Hall–Kier alpha value is -0.0800. The lowest BCUT2D eigenvalue weighted by molar-refractivity contribution is 0.123. The average Bonchev–Trinajstić information content (AvgIpc) is 2.99. The van der Waals surface area contributed by atoms with Crippen molar-refractivity contribution in [3.05, 3.63) is 0 Å². The van der Waals surface area contributed by atoms with Crippen LogP contribution in [0.3, 0.4) is 0 Å². The maximum atomic E-state index is 5.57. The molecule has 2 heteroatoms. The predicted molar refractivity (Wildman–Crippen MR) is 60.5 cm³/mol. The lowest BCUT2D eigenvalue weighted by Gasteiger charge is -2.15. The van der Waals surface area contributed by atoms with Crippen molar-refractivity contribution in [2.24, 2.45) is 5.92 Å². The topological polar surface area (TPSA) is 21.3 Å². The Morgan fingerprint density at radius 2 is 2.14 bits per heavy atom. The van der Waals surface area contributed by atoms with E-state index in [9.17, 15) is 0 Å². The average molecular weight is 199 g/mol. The number of hydrogen-bond acceptors (Lipinski definition) is 2. The van der Waals surface area contributed by atoms with Crippen LogP contribution in [0.4, 0.5) is 0 Å². The van der Waals surface area contributed by atoms with Crippen LogP contribution < -0.4 is 5.32 Å². The summed E-state index contributed by atoms with van der Waals surface area (Å²) < 4.78 is 5.57. The van der Waals surface area contributed by atoms with Gasteiger partial charge in [-0.1, -0.05) is 20.3 Å². The van der Waals surface area contributed by atoms with E-state index in [-0.39, 0.29) is 0 Å². The molecule has 0 aliphatic heterocycles. The van der Waals surface area contributed by atoms with Crippen LogP contribution in [0.1, 0.15) is 46.0 Å². The Morgan fingerprint density at radius 1 is 1.36 bits per heavy atom. The molecule has 1 aliphatic rings. The molecule has 0 amide bonds. The first-order chi connectivity index (χ1) is 6.86. The fourth-order valence-corrected chi connectivity index (χ4v) is 1.67. The molecule has 0 aromatic heterocycles. The molecule has 0 spiro atoms. The van der Waals surface area contributed by atoms with Crippen LogP contribution in [0.2, 0.25) is 0 Å². The van der Waals surface area contributed by atoms with Crippen molar-refractivity contribution in [1.82, 2.24) is 5.32 Å². The second-order valence-electron chi connectivity index (χ2n) is 4.37. The second-order valence-corrected chi connectivity index (χ2v) is 4.37. The summed E-state index contributed by atoms with van der Waals surface area (Å²) in [5.74, 6) is 0.896. The lowest BCUT2D eigenvalue weighted by Crippen LogP contribution is -2.31. The van der Waals surface area contributed by atoms with Gasteiger partial charge >= 0.3 is 0 Å². The number of hydrogen-bond donors (Lipinski definition) is 1. The maximum absolute atomic E-state index is 5.57. The van der Waals surface area contributed by atoms with Gasteiger partial charge in [-0.25, -0.2) is 0 Å². The summed E-state index contributed by atoms with van der Waals surface area (Å²) in [4.78, 5) is 0. The molecule has 1 rings (SSSR count). The van der Waals surface area contributed by atoms with E-state index in [0.29, 0.717) is 6.04 Å². The third-order valence-electron chi connectivity index (χ3n) is 2.86. The fourth-order valence-electron chi connectivity index (χ4n) is 1.67. The zero-order valence-electron chi connectivity index (χ0n) is 9.72. The van der Waals surface area contributed by atoms with E-state index in [1.807, 2.05) is 0 Å². The minimum atomic E-state index is 0.699. The summed E-state index contributed by atoms with van der Waals surface area (Å²) in [6, 6.07) is 0.699. The molecule has 84 valence electrons. The minimum Gasteiger partial charge on any atom is -0.380 e. The van der Waals surface area contributed by atoms with Crippen molar-refractivity contribution in [2.45, 2.75) is 52.0 Å². The highest BCUT2D eigenvalue weighted by Crippen LogP contribution is 2.28. The van der Waals surface area contributed by atoms with Crippen LogP contribution in [0.25, 0.3) is 0 Å². The largest absolute Gasteiger partial charge is 0.380 e. The summed E-state index contributed by atoms with van der Waals surface area (Å²) in [7, 11) is 0. The summed E-state index contributed by atoms with van der Waals surface area (Å²) in [6.07, 6.45) is 6.58. The molecule has 0 radical (unpaired) electrons. The molecule has 1 fully saturated rings. The Kier molecular flexibility index (Phi) is 6.20. The molecular weight excluding hydrogens is 174 g/mol. The van der Waals surface area contributed by atoms with E-state index < -0.39 is 0 Å². The Labute approximate surface area is 88.4 Å². The van der Waals surface area contributed by atoms with Crippen LogP contribution in [-0.4, -0.2) is 25.8 Å². The number of ether oxygens (including phenoxy) is 1. The first-order valence-corrected chi connectivity index (χ1v) is 6.18. The SMILES string of the molecule is CCCC(CC)NCCOCC1CC1. The molecule has 1 N–H and O–H groups in total. The van der Waals surface area contributed by atoms with Gasteiger partial charge in [0.2, 0.25) is 0 Å². The molecule has 1 atom stereocenters. The maximum Gasteiger partial charge on any atom is 0.0591 e. The van der Waals surface area contributed by atoms with Gasteiger partial charge in [-0.05, 0) is 31.6 Å². The fraction of sp³-hybridized carbons (Fsp3) is 1.00. The predicted octanol–water partition coefficient (Wildman–Crippen LogP) is 2.58. The first kappa shape index (κ1) is 12.0. The van der Waals surface area contributed by atoms with Gasteiger partial charge in [0.15, 0.2) is 0 Å². The lowest BCUT2D eigenvalue weighted by atomic mass is 10.1. The van der Waals surface area contributed by atoms with Crippen molar-refractivity contribution >= 4 is 0 Å². The summed E-state index contributed by atoms with van der Waals surface area (Å²) >= 11 is 0. The highest BCUT2D eigenvalue weighted by atomic mass is 16.5. The number of nitrogens with one attached hydrogen (secondary N) is 1. The van der Waals surface area contributed by atoms with Crippen molar-refractivity contribution in [3.63, 3.8) is 0 Å². The number of rotatable bonds is 9. The van der Waals surface area contributed by atoms with Gasteiger partial charge < -0.3 is 10.1 Å². The summed E-state index contributed by atoms with van der Waals surface area (Å²) in [6.45, 7) is 7.39. The van der Waals surface area contributed by atoms with E-state index in [1.54, 1.807) is 0 Å². The van der Waals surface area contributed by atoms with Crippen molar-refractivity contribution in [1.29, 1.82) is 0 Å². The normalized spacial score (nSPS) is 18.4. The third-order valence-corrected chi connectivity index (χ3v) is 2.86. The van der Waals surface area contributed by atoms with Crippen molar-refractivity contribution in [2.75, 3.05) is 19.8 Å². The molecule has 0 saturated heterocycles. The van der Waals surface area contributed by atoms with Gasteiger partial charge in [-0.15, -0.1) is 0 Å². The molecule has 0 aromatic carbocycles. The quantitative estimate of drug-likeness (QED) is 0.576. The van der Waals surface area contributed by atoms with Gasteiger partial charge in [0.05, 0.1) is 6.61 Å². The van der Waals surface area contributed by atoms with E-state index in [1.165, 1.54) is 32.1 Å². The molecule has 14 heavy (non-hydrogen) atoms. The van der Waals surface area contributed by atoms with Gasteiger partial charge in [0.1, 0.15) is 0 Å². The zero-order valence-corrected chi connectivity index (χ0v) is 9.72. The van der Waals surface area contributed by atoms with Gasteiger partial charge in [-0.3, -0.25) is 0 Å². The summed E-state index contributed by atoms with van der Waals surface area (Å²) in [5, 5.41) is 3.54. The first-order valence-electron chi connectivity index (χ1n) is 6.18. The van der Waals surface area contributed by atoms with Crippen LogP contribution in [-0.2, 0) is 4.74 Å². The van der Waals surface area contributed by atoms with Crippen molar-refractivity contribution < 1.29 is 4.74 Å². The van der Waals surface area contributed by atoms with Crippen LogP contribution in [0.5, 0.6) is 0 Å². The zero-order chi connectivity index (χ0) is 10.2. The molecule has 2 nitrogen and oxygen atoms in total. The second kappa shape index (κ2) is 7.24. The third kappa shape index (κ3) is 5.61. The minimum absolute atomic E-state index is 0.699. The standard InChI is InChI=1S/C12H25NO/c1-3-5-12(4-2)13-8-9-14-10-11-6-7-11/h11-13H,3-10H2,1-2H3. The molecule has 0 aromatic rings.